The van der Waals surface area contributed by atoms with Crippen LogP contribution in [0.25, 0.3) is 0 Å². The van der Waals surface area contributed by atoms with Gasteiger partial charge in [0, 0.05) is 24.6 Å². The Morgan fingerprint density at radius 1 is 1.62 bits per heavy atom. The van der Waals surface area contributed by atoms with E-state index in [2.05, 4.69) is 22.4 Å². The van der Waals surface area contributed by atoms with Crippen LogP contribution in [0.4, 0.5) is 0 Å². The van der Waals surface area contributed by atoms with Gasteiger partial charge in [0.25, 0.3) is 0 Å². The Morgan fingerprint density at radius 2 is 2.42 bits per heavy atom. The Hall–Kier alpha value is -1.42. The second-order valence-electron chi connectivity index (χ2n) is 6.90. The lowest BCUT2D eigenvalue weighted by Gasteiger charge is -2.30. The first-order valence-electron chi connectivity index (χ1n) is 8.51. The van der Waals surface area contributed by atoms with Crippen molar-refractivity contribution in [2.45, 2.75) is 51.8 Å². The Bertz CT molecular complexity index is 561. The van der Waals surface area contributed by atoms with Crippen molar-refractivity contribution in [2.24, 2.45) is 5.92 Å². The van der Waals surface area contributed by atoms with Crippen molar-refractivity contribution >= 4 is 17.2 Å². The summed E-state index contributed by atoms with van der Waals surface area (Å²) in [7, 11) is 0. The third-order valence-corrected chi connectivity index (χ3v) is 5.46. The minimum Gasteiger partial charge on any atom is -0.377 e. The molecule has 2 rings (SSSR count). The van der Waals surface area contributed by atoms with Crippen LogP contribution in [0.2, 0.25) is 0 Å². The summed E-state index contributed by atoms with van der Waals surface area (Å²) in [6, 6.07) is 6.33. The second-order valence-corrected chi connectivity index (χ2v) is 7.93. The van der Waals surface area contributed by atoms with Gasteiger partial charge < -0.3 is 10.1 Å². The summed E-state index contributed by atoms with van der Waals surface area (Å²) in [4.78, 5) is 15.8. The van der Waals surface area contributed by atoms with Gasteiger partial charge in [-0.1, -0.05) is 19.9 Å². The number of nitrogens with one attached hydrogen (secondary N) is 1. The molecular weight excluding hydrogens is 322 g/mol. The number of hydrogen-bond acceptors (Lipinski definition) is 5. The molecule has 1 N–H and O–H groups in total. The standard InChI is InChI=1S/C18H27N3O2S/c1-14(2)18(3,13-19)20-17(22)12-21(10-15-6-4-8-23-15)11-16-7-5-9-24-16/h5,7,9,14-15H,4,6,8,10-12H2,1-3H3,(H,20,22)/t15-,18+/m0/s1. The second kappa shape index (κ2) is 8.61. The van der Waals surface area contributed by atoms with Gasteiger partial charge in [0.05, 0.1) is 18.7 Å². The largest absolute Gasteiger partial charge is 0.377 e. The van der Waals surface area contributed by atoms with E-state index in [1.54, 1.807) is 18.3 Å². The van der Waals surface area contributed by atoms with E-state index in [0.29, 0.717) is 0 Å². The molecule has 0 aliphatic carbocycles. The first-order valence-corrected chi connectivity index (χ1v) is 9.39. The molecule has 2 heterocycles. The van der Waals surface area contributed by atoms with Crippen LogP contribution in [0.3, 0.4) is 0 Å². The van der Waals surface area contributed by atoms with Crippen molar-refractivity contribution in [2.75, 3.05) is 19.7 Å². The van der Waals surface area contributed by atoms with Crippen LogP contribution in [-0.4, -0.2) is 42.1 Å². The lowest BCUT2D eigenvalue weighted by molar-refractivity contribution is -0.124. The van der Waals surface area contributed by atoms with E-state index in [-0.39, 0.29) is 24.5 Å². The molecule has 1 aliphatic rings. The van der Waals surface area contributed by atoms with E-state index in [1.165, 1.54) is 4.88 Å². The molecule has 0 unspecified atom stereocenters. The van der Waals surface area contributed by atoms with E-state index in [4.69, 9.17) is 4.74 Å². The summed E-state index contributed by atoms with van der Waals surface area (Å²) in [5.74, 6) is -0.0577. The molecule has 1 aromatic heterocycles. The molecule has 6 heteroatoms. The predicted octanol–water partition coefficient (Wildman–Crippen LogP) is 2.78. The zero-order chi connectivity index (χ0) is 17.6. The van der Waals surface area contributed by atoms with Crippen molar-refractivity contribution in [3.05, 3.63) is 22.4 Å². The molecule has 1 aromatic rings. The molecule has 24 heavy (non-hydrogen) atoms. The highest BCUT2D eigenvalue weighted by Gasteiger charge is 2.31. The van der Waals surface area contributed by atoms with Crippen LogP contribution in [0, 0.1) is 17.2 Å². The van der Waals surface area contributed by atoms with Crippen LogP contribution in [0.5, 0.6) is 0 Å². The molecule has 1 fully saturated rings. The van der Waals surface area contributed by atoms with Gasteiger partial charge in [-0.2, -0.15) is 5.26 Å². The Labute approximate surface area is 148 Å². The Balaban J connectivity index is 1.98. The van der Waals surface area contributed by atoms with Crippen molar-refractivity contribution < 1.29 is 9.53 Å². The minimum atomic E-state index is -0.838. The van der Waals surface area contributed by atoms with Gasteiger partial charge in [-0.05, 0) is 37.1 Å². The van der Waals surface area contributed by atoms with E-state index >= 15 is 0 Å². The quantitative estimate of drug-likeness (QED) is 0.784. The third kappa shape index (κ3) is 5.30. The lowest BCUT2D eigenvalue weighted by Crippen LogP contribution is -2.52. The highest BCUT2D eigenvalue weighted by atomic mass is 32.1. The monoisotopic (exact) mass is 349 g/mol. The molecule has 2 atom stereocenters. The number of nitrogens with zero attached hydrogens (tertiary/aromatic N) is 2. The fourth-order valence-electron chi connectivity index (χ4n) is 2.72. The van der Waals surface area contributed by atoms with Gasteiger partial charge in [-0.25, -0.2) is 0 Å². The van der Waals surface area contributed by atoms with E-state index in [0.717, 1.165) is 32.5 Å². The van der Waals surface area contributed by atoms with Crippen LogP contribution in [-0.2, 0) is 16.1 Å². The van der Waals surface area contributed by atoms with Gasteiger partial charge in [0.2, 0.25) is 5.91 Å². The van der Waals surface area contributed by atoms with Gasteiger partial charge in [-0.3, -0.25) is 9.69 Å². The molecule has 1 saturated heterocycles. The predicted molar refractivity (Wildman–Crippen MR) is 95.6 cm³/mol. The third-order valence-electron chi connectivity index (χ3n) is 4.60. The zero-order valence-corrected chi connectivity index (χ0v) is 15.6. The average Bonchev–Trinajstić information content (AvgIpc) is 3.20. The summed E-state index contributed by atoms with van der Waals surface area (Å²) in [5, 5.41) is 14.3. The molecule has 1 aliphatic heterocycles. The van der Waals surface area contributed by atoms with Crippen molar-refractivity contribution in [3.63, 3.8) is 0 Å². The molecule has 0 bridgehead atoms. The topological polar surface area (TPSA) is 65.4 Å². The van der Waals surface area contributed by atoms with Crippen molar-refractivity contribution in [1.82, 2.24) is 10.2 Å². The van der Waals surface area contributed by atoms with Crippen LogP contribution in [0.15, 0.2) is 17.5 Å². The van der Waals surface area contributed by atoms with Crippen molar-refractivity contribution in [3.8, 4) is 6.07 Å². The maximum atomic E-state index is 12.5. The number of hydrogen-bond donors (Lipinski definition) is 1. The highest BCUT2D eigenvalue weighted by Crippen LogP contribution is 2.18. The Kier molecular flexibility index (Phi) is 6.79. The normalized spacial score (nSPS) is 20.1. The number of thiophene rings is 1. The van der Waals surface area contributed by atoms with Gasteiger partial charge >= 0.3 is 0 Å². The number of ether oxygens (including phenoxy) is 1. The van der Waals surface area contributed by atoms with Crippen molar-refractivity contribution in [1.29, 1.82) is 5.26 Å². The summed E-state index contributed by atoms with van der Waals surface area (Å²) in [6.45, 7) is 8.23. The lowest BCUT2D eigenvalue weighted by atomic mass is 9.90. The number of rotatable bonds is 8. The SMILES string of the molecule is CC(C)[C@@](C)(C#N)NC(=O)CN(Cc1cccs1)C[C@@H]1CCCO1. The number of carbonyl (C=O) groups excluding carboxylic acids is 1. The number of amides is 1. The molecule has 132 valence electrons. The molecule has 0 saturated carbocycles. The fourth-order valence-corrected chi connectivity index (χ4v) is 3.46. The van der Waals surface area contributed by atoms with Gasteiger partial charge in [-0.15, -0.1) is 11.3 Å². The summed E-state index contributed by atoms with van der Waals surface area (Å²) < 4.78 is 5.72. The van der Waals surface area contributed by atoms with Crippen LogP contribution >= 0.6 is 11.3 Å². The number of carbonyl (C=O) groups is 1. The first-order chi connectivity index (χ1) is 11.4. The summed E-state index contributed by atoms with van der Waals surface area (Å²) >= 11 is 1.69. The van der Waals surface area contributed by atoms with Crippen LogP contribution < -0.4 is 5.32 Å². The first kappa shape index (κ1) is 18.9. The summed E-state index contributed by atoms with van der Waals surface area (Å²) in [5.41, 5.74) is -0.838. The minimum absolute atomic E-state index is 0.0513. The Morgan fingerprint density at radius 3 is 2.96 bits per heavy atom. The van der Waals surface area contributed by atoms with E-state index in [1.807, 2.05) is 25.3 Å². The van der Waals surface area contributed by atoms with E-state index < -0.39 is 5.54 Å². The average molecular weight is 350 g/mol. The molecule has 1 amide bonds. The zero-order valence-electron chi connectivity index (χ0n) is 14.7. The summed E-state index contributed by atoms with van der Waals surface area (Å²) in [6.07, 6.45) is 2.33. The molecule has 0 radical (unpaired) electrons. The molecule has 0 aromatic carbocycles. The van der Waals surface area contributed by atoms with E-state index in [9.17, 15) is 10.1 Å². The maximum absolute atomic E-state index is 12.5. The maximum Gasteiger partial charge on any atom is 0.235 e. The molecule has 5 nitrogen and oxygen atoms in total. The van der Waals surface area contributed by atoms with Gasteiger partial charge in [0.1, 0.15) is 5.54 Å². The molecular formula is C18H27N3O2S. The smallest absolute Gasteiger partial charge is 0.235 e. The highest BCUT2D eigenvalue weighted by molar-refractivity contribution is 7.09. The van der Waals surface area contributed by atoms with Crippen LogP contribution in [0.1, 0.15) is 38.5 Å². The fraction of sp³-hybridized carbons (Fsp3) is 0.667. The molecule has 0 spiro atoms. The van der Waals surface area contributed by atoms with Gasteiger partial charge in [0.15, 0.2) is 0 Å². The number of nitriles is 1.